The minimum absolute atomic E-state index is 0.471. The molecule has 3 heteroatoms. The summed E-state index contributed by atoms with van der Waals surface area (Å²) >= 11 is 0. The van der Waals surface area contributed by atoms with E-state index in [-0.39, 0.29) is 0 Å². The second-order valence-corrected chi connectivity index (χ2v) is 10.5. The summed E-state index contributed by atoms with van der Waals surface area (Å²) in [5.41, 5.74) is 5.34. The van der Waals surface area contributed by atoms with Crippen LogP contribution in [0, 0.1) is 5.92 Å². The fourth-order valence-corrected chi connectivity index (χ4v) is 4.24. The molecule has 2 aromatic carbocycles. The minimum Gasteiger partial charge on any atom is -0.305 e. The highest BCUT2D eigenvalue weighted by Crippen LogP contribution is 2.24. The Kier molecular flexibility index (Phi) is 10.9. The van der Waals surface area contributed by atoms with Crippen molar-refractivity contribution in [3.63, 3.8) is 0 Å². The van der Waals surface area contributed by atoms with Crippen LogP contribution in [0.1, 0.15) is 57.4 Å². The summed E-state index contributed by atoms with van der Waals surface area (Å²) in [5, 5.41) is 5.24. The summed E-state index contributed by atoms with van der Waals surface area (Å²) < 4.78 is 0. The Morgan fingerprint density at radius 3 is 2.20 bits per heavy atom. The highest BCUT2D eigenvalue weighted by atomic mass is 15.1. The summed E-state index contributed by atoms with van der Waals surface area (Å²) in [4.78, 5) is 8.87. The van der Waals surface area contributed by atoms with Crippen LogP contribution in [-0.4, -0.2) is 43.0 Å². The van der Waals surface area contributed by atoms with E-state index in [9.17, 15) is 0 Å². The quantitative estimate of drug-likeness (QED) is 0.424. The number of allylic oxidation sites excluding steroid dienone is 1. The van der Waals surface area contributed by atoms with Crippen LogP contribution in [-0.2, 0) is 13.1 Å². The van der Waals surface area contributed by atoms with Gasteiger partial charge >= 0.3 is 0 Å². The van der Waals surface area contributed by atoms with Crippen molar-refractivity contribution in [3.8, 4) is 0 Å². The van der Waals surface area contributed by atoms with E-state index < -0.39 is 0 Å². The second kappa shape index (κ2) is 13.4. The molecule has 0 radical (unpaired) electrons. The molecule has 0 saturated heterocycles. The molecule has 0 aliphatic rings. The van der Waals surface area contributed by atoms with Gasteiger partial charge in [-0.15, -0.1) is 0 Å². The molecule has 0 spiro atoms. The van der Waals surface area contributed by atoms with Gasteiger partial charge in [0.2, 0.25) is 0 Å². The molecule has 0 fully saturated rings. The SMILES string of the molecule is C=C/C=c1/c(CN(C)C)ccc/c1=C(/C)C(C)C.CC(C)c1nccc2cc(CN(C)C)ccc12. The lowest BCUT2D eigenvalue weighted by molar-refractivity contribution is 0.401. The van der Waals surface area contributed by atoms with Crippen LogP contribution in [0.5, 0.6) is 0 Å². The molecule has 0 atom stereocenters. The van der Waals surface area contributed by atoms with Crippen LogP contribution in [0.25, 0.3) is 22.4 Å². The molecule has 0 N–H and O–H groups in total. The van der Waals surface area contributed by atoms with Gasteiger partial charge in [-0.25, -0.2) is 0 Å². The second-order valence-electron chi connectivity index (χ2n) is 10.5. The normalized spacial score (nSPS) is 13.0. The molecule has 0 unspecified atom stereocenters. The lowest BCUT2D eigenvalue weighted by Crippen LogP contribution is -2.33. The average Bonchev–Trinajstić information content (AvgIpc) is 2.78. The van der Waals surface area contributed by atoms with Crippen LogP contribution in [0.3, 0.4) is 0 Å². The molecule has 1 heterocycles. The van der Waals surface area contributed by atoms with Crippen molar-refractivity contribution in [3.05, 3.63) is 88.6 Å². The van der Waals surface area contributed by atoms with Crippen molar-refractivity contribution in [1.82, 2.24) is 14.8 Å². The first kappa shape index (κ1) is 28.5. The number of benzene rings is 2. The molecule has 0 saturated carbocycles. The monoisotopic (exact) mass is 471 g/mol. The number of hydrogen-bond acceptors (Lipinski definition) is 3. The van der Waals surface area contributed by atoms with Gasteiger partial charge in [-0.05, 0) is 86.0 Å². The summed E-state index contributed by atoms with van der Waals surface area (Å²) in [7, 11) is 8.39. The van der Waals surface area contributed by atoms with Crippen molar-refractivity contribution in [1.29, 1.82) is 0 Å². The Bertz CT molecular complexity index is 1230. The third-order valence-electron chi connectivity index (χ3n) is 6.16. The van der Waals surface area contributed by atoms with E-state index in [0.29, 0.717) is 11.8 Å². The number of pyridine rings is 1. The van der Waals surface area contributed by atoms with Gasteiger partial charge < -0.3 is 9.80 Å². The molecule has 35 heavy (non-hydrogen) atoms. The van der Waals surface area contributed by atoms with Crippen LogP contribution in [0.4, 0.5) is 0 Å². The van der Waals surface area contributed by atoms with E-state index in [1.165, 1.54) is 43.6 Å². The zero-order valence-electron chi connectivity index (χ0n) is 23.4. The highest BCUT2D eigenvalue weighted by molar-refractivity contribution is 5.85. The van der Waals surface area contributed by atoms with E-state index in [0.717, 1.165) is 13.1 Å². The maximum Gasteiger partial charge on any atom is 0.0507 e. The largest absolute Gasteiger partial charge is 0.305 e. The molecule has 0 aliphatic heterocycles. The van der Waals surface area contributed by atoms with E-state index in [2.05, 4.69) is 133 Å². The van der Waals surface area contributed by atoms with Gasteiger partial charge in [0.1, 0.15) is 0 Å². The molecule has 0 bridgehead atoms. The first-order valence-corrected chi connectivity index (χ1v) is 12.6. The lowest BCUT2D eigenvalue weighted by Gasteiger charge is -2.12. The van der Waals surface area contributed by atoms with Gasteiger partial charge in [0, 0.05) is 24.7 Å². The van der Waals surface area contributed by atoms with Crippen molar-refractivity contribution >= 4 is 22.4 Å². The van der Waals surface area contributed by atoms with Crippen molar-refractivity contribution in [2.75, 3.05) is 28.2 Å². The van der Waals surface area contributed by atoms with E-state index in [4.69, 9.17) is 0 Å². The van der Waals surface area contributed by atoms with Crippen LogP contribution in [0.2, 0.25) is 0 Å². The summed E-state index contributed by atoms with van der Waals surface area (Å²) in [6.45, 7) is 16.9. The minimum atomic E-state index is 0.471. The molecule has 3 aromatic rings. The smallest absolute Gasteiger partial charge is 0.0507 e. The van der Waals surface area contributed by atoms with Gasteiger partial charge in [0.15, 0.2) is 0 Å². The summed E-state index contributed by atoms with van der Waals surface area (Å²) in [6, 6.07) is 15.3. The Balaban J connectivity index is 0.000000247. The molecule has 3 rings (SSSR count). The van der Waals surface area contributed by atoms with Crippen molar-refractivity contribution in [2.45, 2.75) is 53.6 Å². The fraction of sp³-hybridized carbons (Fsp3) is 0.406. The predicted octanol–water partition coefficient (Wildman–Crippen LogP) is 5.96. The number of nitrogens with zero attached hydrogens (tertiary/aromatic N) is 3. The fourth-order valence-electron chi connectivity index (χ4n) is 4.24. The van der Waals surface area contributed by atoms with Gasteiger partial charge in [0.25, 0.3) is 0 Å². The van der Waals surface area contributed by atoms with Crippen LogP contribution < -0.4 is 10.4 Å². The standard InChI is InChI=1S/C17H25N.C15H20N2/c1-7-9-17-15(12-18(5)6)10-8-11-16(17)14(4)13(2)3;1-11(2)15-14-6-5-12(10-17(3)4)9-13(14)7-8-16-15/h7-11,13H,1,12H2,2-6H3;5-9,11H,10H2,1-4H3/b16-14+,17-9-;. The number of hydrogen-bond donors (Lipinski definition) is 0. The molecule has 188 valence electrons. The number of rotatable bonds is 7. The van der Waals surface area contributed by atoms with Crippen LogP contribution in [0.15, 0.2) is 61.3 Å². The van der Waals surface area contributed by atoms with Gasteiger partial charge in [-0.3, -0.25) is 4.98 Å². The predicted molar refractivity (Wildman–Crippen MR) is 155 cm³/mol. The Morgan fingerprint density at radius 2 is 1.63 bits per heavy atom. The number of aromatic nitrogens is 1. The average molecular weight is 472 g/mol. The molecule has 1 aromatic heterocycles. The Labute approximate surface area is 213 Å². The molecular formula is C32H45N3. The lowest BCUT2D eigenvalue weighted by atomic mass is 9.98. The van der Waals surface area contributed by atoms with Crippen molar-refractivity contribution in [2.24, 2.45) is 5.92 Å². The first-order valence-electron chi connectivity index (χ1n) is 12.6. The topological polar surface area (TPSA) is 19.4 Å². The first-order chi connectivity index (χ1) is 16.5. The Morgan fingerprint density at radius 1 is 0.943 bits per heavy atom. The zero-order chi connectivity index (χ0) is 26.1. The third kappa shape index (κ3) is 8.16. The maximum atomic E-state index is 4.49. The van der Waals surface area contributed by atoms with Gasteiger partial charge in [-0.2, -0.15) is 0 Å². The van der Waals surface area contributed by atoms with E-state index in [1.807, 2.05) is 12.3 Å². The third-order valence-corrected chi connectivity index (χ3v) is 6.16. The Hall–Kier alpha value is -2.75. The highest BCUT2D eigenvalue weighted by Gasteiger charge is 2.07. The van der Waals surface area contributed by atoms with Crippen LogP contribution >= 0.6 is 0 Å². The van der Waals surface area contributed by atoms with E-state index >= 15 is 0 Å². The molecular weight excluding hydrogens is 426 g/mol. The van der Waals surface area contributed by atoms with Crippen molar-refractivity contribution < 1.29 is 0 Å². The van der Waals surface area contributed by atoms with Gasteiger partial charge in [0.05, 0.1) is 5.69 Å². The van der Waals surface area contributed by atoms with Gasteiger partial charge in [-0.1, -0.05) is 82.3 Å². The zero-order valence-corrected chi connectivity index (χ0v) is 23.4. The maximum absolute atomic E-state index is 4.49. The van der Waals surface area contributed by atoms with E-state index in [1.54, 1.807) is 0 Å². The molecule has 3 nitrogen and oxygen atoms in total. The summed E-state index contributed by atoms with van der Waals surface area (Å²) in [5.74, 6) is 1.04. The summed E-state index contributed by atoms with van der Waals surface area (Å²) in [6.07, 6.45) is 5.92. The molecule has 0 amide bonds. The number of fused-ring (bicyclic) bond motifs is 1. The molecule has 0 aliphatic carbocycles.